The molecule has 6 heteroatoms. The average Bonchev–Trinajstić information content (AvgIpc) is 3.05. The number of hydrogen-bond acceptors (Lipinski definition) is 5. The van der Waals surface area contributed by atoms with Gasteiger partial charge in [0.1, 0.15) is 11.6 Å². The fraction of sp³-hybridized carbons (Fsp3) is 0.227. The van der Waals surface area contributed by atoms with Crippen molar-refractivity contribution in [3.05, 3.63) is 71.0 Å². The molecular weight excluding hydrogens is 356 g/mol. The predicted octanol–water partition coefficient (Wildman–Crippen LogP) is 4.13. The van der Waals surface area contributed by atoms with Crippen LogP contribution >= 0.6 is 0 Å². The number of benzene rings is 2. The van der Waals surface area contributed by atoms with Crippen molar-refractivity contribution in [2.24, 2.45) is 0 Å². The monoisotopic (exact) mass is 378 g/mol. The second-order valence-corrected chi connectivity index (χ2v) is 6.33. The predicted molar refractivity (Wildman–Crippen MR) is 106 cm³/mol. The molecule has 0 fully saturated rings. The zero-order chi connectivity index (χ0) is 20.1. The Morgan fingerprint density at radius 3 is 2.18 bits per heavy atom. The number of nitrogens with one attached hydrogen (secondary N) is 1. The molecule has 0 bridgehead atoms. The summed E-state index contributed by atoms with van der Waals surface area (Å²) in [6.45, 7) is 6.02. The summed E-state index contributed by atoms with van der Waals surface area (Å²) < 4.78 is 10.5. The summed E-state index contributed by atoms with van der Waals surface area (Å²) in [5.41, 5.74) is 3.66. The van der Waals surface area contributed by atoms with Crippen molar-refractivity contribution < 1.29 is 19.1 Å². The lowest BCUT2D eigenvalue weighted by molar-refractivity contribution is 0.0474. The lowest BCUT2D eigenvalue weighted by Gasteiger charge is -2.06. The largest absolute Gasteiger partial charge is 0.494 e. The molecule has 0 spiro atoms. The van der Waals surface area contributed by atoms with Crippen molar-refractivity contribution in [3.8, 4) is 17.1 Å². The van der Waals surface area contributed by atoms with Crippen molar-refractivity contribution in [3.63, 3.8) is 0 Å². The van der Waals surface area contributed by atoms with Gasteiger partial charge in [-0.1, -0.05) is 12.1 Å². The van der Waals surface area contributed by atoms with Gasteiger partial charge in [0, 0.05) is 16.8 Å². The van der Waals surface area contributed by atoms with Crippen LogP contribution < -0.4 is 4.74 Å². The number of H-pyrrole nitrogens is 1. The Morgan fingerprint density at radius 1 is 0.964 bits per heavy atom. The van der Waals surface area contributed by atoms with Crippen LogP contribution in [0.4, 0.5) is 0 Å². The zero-order valence-electron chi connectivity index (χ0n) is 16.1. The van der Waals surface area contributed by atoms with Gasteiger partial charge in [0.15, 0.2) is 12.4 Å². The van der Waals surface area contributed by atoms with Gasteiger partial charge in [0.25, 0.3) is 0 Å². The minimum Gasteiger partial charge on any atom is -0.494 e. The second-order valence-electron chi connectivity index (χ2n) is 6.33. The highest BCUT2D eigenvalue weighted by atomic mass is 16.5. The van der Waals surface area contributed by atoms with Gasteiger partial charge < -0.3 is 14.5 Å². The normalized spacial score (nSPS) is 10.5. The third-order valence-corrected chi connectivity index (χ3v) is 4.34. The summed E-state index contributed by atoms with van der Waals surface area (Å²) in [6, 6.07) is 13.7. The van der Waals surface area contributed by atoms with Gasteiger partial charge >= 0.3 is 5.97 Å². The Balaban J connectivity index is 1.59. The number of nitrogens with zero attached hydrogens (tertiary/aromatic N) is 1. The highest BCUT2D eigenvalue weighted by Gasteiger charge is 2.13. The quantitative estimate of drug-likeness (QED) is 0.494. The number of esters is 1. The number of ether oxygens (including phenoxy) is 2. The molecule has 3 aromatic rings. The number of carbonyl (C=O) groups excluding carboxylic acids is 2. The molecule has 0 radical (unpaired) electrons. The third-order valence-electron chi connectivity index (χ3n) is 4.34. The molecule has 1 aromatic heterocycles. The van der Waals surface area contributed by atoms with Gasteiger partial charge in [-0.15, -0.1) is 0 Å². The Kier molecular flexibility index (Phi) is 5.89. The molecular formula is C22H22N2O4. The lowest BCUT2D eigenvalue weighted by atomic mass is 10.1. The number of rotatable bonds is 7. The van der Waals surface area contributed by atoms with Crippen molar-refractivity contribution in [1.29, 1.82) is 0 Å². The lowest BCUT2D eigenvalue weighted by Crippen LogP contribution is -2.14. The molecule has 0 aliphatic carbocycles. The van der Waals surface area contributed by atoms with Crippen LogP contribution in [-0.4, -0.2) is 34.9 Å². The number of carbonyl (C=O) groups is 2. The highest BCUT2D eigenvalue weighted by molar-refractivity contribution is 5.99. The third kappa shape index (κ3) is 4.46. The SMILES string of the molecule is CCOc1ccc(C(=O)COC(=O)c2ccc(-c3nc(C)c(C)[nH]3)cc2)cc1. The molecule has 0 atom stereocenters. The Labute approximate surface area is 163 Å². The summed E-state index contributed by atoms with van der Waals surface area (Å²) >= 11 is 0. The summed E-state index contributed by atoms with van der Waals surface area (Å²) in [6.07, 6.45) is 0. The summed E-state index contributed by atoms with van der Waals surface area (Å²) in [5.74, 6) is 0.630. The molecule has 0 aliphatic heterocycles. The van der Waals surface area contributed by atoms with Gasteiger partial charge in [-0.3, -0.25) is 4.79 Å². The molecule has 144 valence electrons. The molecule has 0 saturated heterocycles. The first-order chi connectivity index (χ1) is 13.5. The van der Waals surface area contributed by atoms with E-state index in [1.165, 1.54) is 0 Å². The van der Waals surface area contributed by atoms with Gasteiger partial charge in [-0.2, -0.15) is 0 Å². The first kappa shape index (κ1) is 19.4. The van der Waals surface area contributed by atoms with E-state index in [1.54, 1.807) is 48.5 Å². The molecule has 0 saturated carbocycles. The molecule has 1 N–H and O–H groups in total. The van der Waals surface area contributed by atoms with Crippen LogP contribution in [0.2, 0.25) is 0 Å². The van der Waals surface area contributed by atoms with Crippen molar-refractivity contribution in [1.82, 2.24) is 9.97 Å². The molecule has 6 nitrogen and oxygen atoms in total. The minimum absolute atomic E-state index is 0.269. The van der Waals surface area contributed by atoms with E-state index >= 15 is 0 Å². The first-order valence-electron chi connectivity index (χ1n) is 9.04. The molecule has 0 aliphatic rings. The smallest absolute Gasteiger partial charge is 0.338 e. The average molecular weight is 378 g/mol. The van der Waals surface area contributed by atoms with Crippen LogP contribution in [0.3, 0.4) is 0 Å². The van der Waals surface area contributed by atoms with Crippen LogP contribution in [0.25, 0.3) is 11.4 Å². The van der Waals surface area contributed by atoms with Gasteiger partial charge in [-0.25, -0.2) is 9.78 Å². The fourth-order valence-corrected chi connectivity index (χ4v) is 2.65. The van der Waals surface area contributed by atoms with E-state index in [9.17, 15) is 9.59 Å². The van der Waals surface area contributed by atoms with E-state index < -0.39 is 5.97 Å². The minimum atomic E-state index is -0.544. The maximum atomic E-state index is 12.2. The number of imidazole rings is 1. The van der Waals surface area contributed by atoms with Crippen LogP contribution in [0, 0.1) is 13.8 Å². The number of aromatic amines is 1. The van der Waals surface area contributed by atoms with E-state index in [0.29, 0.717) is 23.5 Å². The van der Waals surface area contributed by atoms with Crippen molar-refractivity contribution in [2.45, 2.75) is 20.8 Å². The van der Waals surface area contributed by atoms with E-state index in [-0.39, 0.29) is 12.4 Å². The number of aromatic nitrogens is 2. The molecule has 3 rings (SSSR count). The Hall–Kier alpha value is -3.41. The van der Waals surface area contributed by atoms with Gasteiger partial charge in [-0.05, 0) is 57.2 Å². The van der Waals surface area contributed by atoms with Crippen LogP contribution in [0.5, 0.6) is 5.75 Å². The van der Waals surface area contributed by atoms with Gasteiger partial charge in [0.05, 0.1) is 17.9 Å². The van der Waals surface area contributed by atoms with Crippen LogP contribution in [0.15, 0.2) is 48.5 Å². The van der Waals surface area contributed by atoms with E-state index in [4.69, 9.17) is 9.47 Å². The molecule has 0 unspecified atom stereocenters. The molecule has 0 amide bonds. The Morgan fingerprint density at radius 2 is 1.61 bits per heavy atom. The summed E-state index contributed by atoms with van der Waals surface area (Å²) in [4.78, 5) is 32.0. The van der Waals surface area contributed by atoms with E-state index in [0.717, 1.165) is 22.8 Å². The van der Waals surface area contributed by atoms with Crippen molar-refractivity contribution >= 4 is 11.8 Å². The summed E-state index contributed by atoms with van der Waals surface area (Å²) in [7, 11) is 0. The second kappa shape index (κ2) is 8.52. The maximum Gasteiger partial charge on any atom is 0.338 e. The van der Waals surface area contributed by atoms with E-state index in [2.05, 4.69) is 9.97 Å². The van der Waals surface area contributed by atoms with Crippen LogP contribution in [0.1, 0.15) is 39.0 Å². The topological polar surface area (TPSA) is 81.3 Å². The number of hydrogen-bond donors (Lipinski definition) is 1. The standard InChI is InChI=1S/C22H22N2O4/c1-4-27-19-11-9-16(10-12-19)20(25)13-28-22(26)18-7-5-17(6-8-18)21-23-14(2)15(3)24-21/h5-12H,4,13H2,1-3H3,(H,23,24). The molecule has 1 heterocycles. The zero-order valence-corrected chi connectivity index (χ0v) is 16.1. The van der Waals surface area contributed by atoms with Crippen LogP contribution in [-0.2, 0) is 4.74 Å². The number of aryl methyl sites for hydroxylation is 2. The number of ketones is 1. The highest BCUT2D eigenvalue weighted by Crippen LogP contribution is 2.19. The maximum absolute atomic E-state index is 12.2. The van der Waals surface area contributed by atoms with E-state index in [1.807, 2.05) is 20.8 Å². The first-order valence-corrected chi connectivity index (χ1v) is 9.04. The van der Waals surface area contributed by atoms with Gasteiger partial charge in [0.2, 0.25) is 0 Å². The summed E-state index contributed by atoms with van der Waals surface area (Å²) in [5, 5.41) is 0. The fourth-order valence-electron chi connectivity index (χ4n) is 2.65. The Bertz CT molecular complexity index is 953. The molecule has 2 aromatic carbocycles. The number of Topliss-reactive ketones (excluding diaryl/α,β-unsaturated/α-hetero) is 1. The molecule has 28 heavy (non-hydrogen) atoms. The van der Waals surface area contributed by atoms with Crippen molar-refractivity contribution in [2.75, 3.05) is 13.2 Å².